The normalized spacial score (nSPS) is 22.1. The van der Waals surface area contributed by atoms with E-state index in [2.05, 4.69) is 38.1 Å². The molecule has 2 aliphatic rings. The van der Waals surface area contributed by atoms with Crippen LogP contribution in [0.5, 0.6) is 0 Å². The molecule has 1 aliphatic carbocycles. The maximum absolute atomic E-state index is 5.86. The first-order valence-corrected chi connectivity index (χ1v) is 9.29. The van der Waals surface area contributed by atoms with Gasteiger partial charge in [-0.1, -0.05) is 6.08 Å². The van der Waals surface area contributed by atoms with Crippen molar-refractivity contribution >= 4 is 11.9 Å². The van der Waals surface area contributed by atoms with Crippen LogP contribution in [0.1, 0.15) is 18.2 Å². The summed E-state index contributed by atoms with van der Waals surface area (Å²) < 4.78 is 16.5. The molecule has 2 aromatic rings. The summed E-state index contributed by atoms with van der Waals surface area (Å²) in [6.07, 6.45) is 6.67. The topological polar surface area (TPSA) is 85.4 Å². The molecule has 2 atom stereocenters. The van der Waals surface area contributed by atoms with Gasteiger partial charge in [-0.05, 0) is 13.0 Å². The number of aromatic nitrogens is 4. The quantitative estimate of drug-likeness (QED) is 0.774. The molecule has 0 unspecified atom stereocenters. The number of nitrogens with zero attached hydrogens (tertiary/aromatic N) is 4. The van der Waals surface area contributed by atoms with E-state index in [1.807, 2.05) is 12.1 Å². The van der Waals surface area contributed by atoms with Gasteiger partial charge in [-0.3, -0.25) is 5.10 Å². The largest absolute Gasteiger partial charge is 0.382 e. The van der Waals surface area contributed by atoms with Crippen molar-refractivity contribution in [3.63, 3.8) is 0 Å². The van der Waals surface area contributed by atoms with E-state index in [1.54, 1.807) is 13.4 Å². The number of rotatable bonds is 6. The zero-order chi connectivity index (χ0) is 18.6. The lowest BCUT2D eigenvalue weighted by Gasteiger charge is -2.32. The zero-order valence-electron chi connectivity index (χ0n) is 15.7. The molecular weight excluding hydrogens is 346 g/mol. The summed E-state index contributed by atoms with van der Waals surface area (Å²) in [7, 11) is 1.67. The minimum atomic E-state index is 0.0189. The fraction of sp³-hybridized carbons (Fsp3) is 0.526. The summed E-state index contributed by atoms with van der Waals surface area (Å²) in [5, 5.41) is 7.62. The minimum Gasteiger partial charge on any atom is -0.382 e. The van der Waals surface area contributed by atoms with Gasteiger partial charge in [0.25, 0.3) is 0 Å². The molecule has 8 heteroatoms. The first-order chi connectivity index (χ1) is 13.2. The molecule has 0 spiro atoms. The van der Waals surface area contributed by atoms with Gasteiger partial charge in [0, 0.05) is 38.2 Å². The first kappa shape index (κ1) is 18.1. The SMILES string of the molecule is COCCO[C@H]1C=Cc2[nH]nc(-c3cc(N4CCO[C@@H](C)C4)ncn3)c2C1. The number of H-pyrrole nitrogens is 1. The van der Waals surface area contributed by atoms with E-state index >= 15 is 0 Å². The van der Waals surface area contributed by atoms with Crippen molar-refractivity contribution in [1.82, 2.24) is 20.2 Å². The lowest BCUT2D eigenvalue weighted by Crippen LogP contribution is -2.41. The number of ether oxygens (including phenoxy) is 3. The second-order valence-electron chi connectivity index (χ2n) is 6.82. The molecule has 1 fully saturated rings. The number of hydrogen-bond acceptors (Lipinski definition) is 7. The monoisotopic (exact) mass is 371 g/mol. The molecular formula is C19H25N5O3. The molecule has 1 aliphatic heterocycles. The molecule has 1 saturated heterocycles. The fourth-order valence-corrected chi connectivity index (χ4v) is 3.48. The molecule has 0 bridgehead atoms. The number of aromatic amines is 1. The van der Waals surface area contributed by atoms with E-state index in [1.165, 1.54) is 0 Å². The van der Waals surface area contributed by atoms with Gasteiger partial charge in [0.15, 0.2) is 0 Å². The van der Waals surface area contributed by atoms with E-state index < -0.39 is 0 Å². The molecule has 2 aromatic heterocycles. The predicted molar refractivity (Wildman–Crippen MR) is 102 cm³/mol. The Kier molecular flexibility index (Phi) is 5.47. The highest BCUT2D eigenvalue weighted by Gasteiger charge is 2.23. The van der Waals surface area contributed by atoms with Gasteiger partial charge in [-0.2, -0.15) is 5.10 Å². The molecule has 1 N–H and O–H groups in total. The Hall–Kier alpha value is -2.29. The van der Waals surface area contributed by atoms with Crippen LogP contribution in [-0.4, -0.2) is 72.4 Å². The van der Waals surface area contributed by atoms with Crippen LogP contribution >= 0.6 is 0 Å². The third-order valence-corrected chi connectivity index (χ3v) is 4.86. The molecule has 27 heavy (non-hydrogen) atoms. The van der Waals surface area contributed by atoms with Crippen LogP contribution in [0.15, 0.2) is 18.5 Å². The smallest absolute Gasteiger partial charge is 0.132 e. The standard InChI is InChI=1S/C19H25N5O3/c1-13-11-24(5-6-26-13)18-10-17(20-12-21-18)19-15-9-14(27-8-7-25-2)3-4-16(15)22-23-19/h3-4,10,12-14H,5-9,11H2,1-2H3,(H,22,23)/t13-,14-/m0/s1. The summed E-state index contributed by atoms with van der Waals surface area (Å²) in [6.45, 7) is 5.60. The van der Waals surface area contributed by atoms with Crippen LogP contribution in [0.3, 0.4) is 0 Å². The maximum Gasteiger partial charge on any atom is 0.132 e. The van der Waals surface area contributed by atoms with Gasteiger partial charge >= 0.3 is 0 Å². The number of hydrogen-bond donors (Lipinski definition) is 1. The van der Waals surface area contributed by atoms with E-state index in [9.17, 15) is 0 Å². The predicted octanol–water partition coefficient (Wildman–Crippen LogP) is 1.69. The lowest BCUT2D eigenvalue weighted by molar-refractivity contribution is 0.0397. The van der Waals surface area contributed by atoms with E-state index in [-0.39, 0.29) is 12.2 Å². The van der Waals surface area contributed by atoms with Crippen molar-refractivity contribution in [2.24, 2.45) is 0 Å². The molecule has 0 amide bonds. The van der Waals surface area contributed by atoms with Crippen LogP contribution in [0.4, 0.5) is 5.82 Å². The molecule has 8 nitrogen and oxygen atoms in total. The maximum atomic E-state index is 5.86. The van der Waals surface area contributed by atoms with E-state index in [0.717, 1.165) is 48.0 Å². The Bertz CT molecular complexity index is 806. The van der Waals surface area contributed by atoms with Gasteiger partial charge < -0.3 is 19.1 Å². The van der Waals surface area contributed by atoms with E-state index in [4.69, 9.17) is 14.2 Å². The Morgan fingerprint density at radius 2 is 2.26 bits per heavy atom. The summed E-state index contributed by atoms with van der Waals surface area (Å²) in [6, 6.07) is 2.01. The van der Waals surface area contributed by atoms with Crippen molar-refractivity contribution in [1.29, 1.82) is 0 Å². The molecule has 4 rings (SSSR count). The fourth-order valence-electron chi connectivity index (χ4n) is 3.48. The van der Waals surface area contributed by atoms with Gasteiger partial charge in [0.1, 0.15) is 17.8 Å². The first-order valence-electron chi connectivity index (χ1n) is 9.29. The van der Waals surface area contributed by atoms with Crippen LogP contribution in [-0.2, 0) is 20.6 Å². The van der Waals surface area contributed by atoms with Crippen molar-refractivity contribution < 1.29 is 14.2 Å². The van der Waals surface area contributed by atoms with Gasteiger partial charge in [-0.15, -0.1) is 0 Å². The number of fused-ring (bicyclic) bond motifs is 1. The highest BCUT2D eigenvalue weighted by molar-refractivity contribution is 5.69. The second-order valence-corrected chi connectivity index (χ2v) is 6.82. The van der Waals surface area contributed by atoms with Crippen molar-refractivity contribution in [2.45, 2.75) is 25.6 Å². The third kappa shape index (κ3) is 4.02. The Morgan fingerprint density at radius 3 is 3.11 bits per heavy atom. The molecule has 0 saturated carbocycles. The summed E-state index contributed by atoms with van der Waals surface area (Å²) in [4.78, 5) is 11.2. The Labute approximate surface area is 158 Å². The Balaban J connectivity index is 1.54. The van der Waals surface area contributed by atoms with Gasteiger partial charge in [0.05, 0.1) is 43.4 Å². The van der Waals surface area contributed by atoms with E-state index in [0.29, 0.717) is 19.8 Å². The van der Waals surface area contributed by atoms with Gasteiger partial charge in [0.2, 0.25) is 0 Å². The molecule has 0 aromatic carbocycles. The highest BCUT2D eigenvalue weighted by atomic mass is 16.5. The van der Waals surface area contributed by atoms with Crippen molar-refractivity contribution in [2.75, 3.05) is 44.9 Å². The number of methoxy groups -OCH3 is 1. The lowest BCUT2D eigenvalue weighted by atomic mass is 9.98. The zero-order valence-corrected chi connectivity index (χ0v) is 15.7. The van der Waals surface area contributed by atoms with Crippen molar-refractivity contribution in [3.05, 3.63) is 29.7 Å². The minimum absolute atomic E-state index is 0.0189. The van der Waals surface area contributed by atoms with Crippen LogP contribution in [0.25, 0.3) is 17.5 Å². The second kappa shape index (κ2) is 8.16. The van der Waals surface area contributed by atoms with Crippen molar-refractivity contribution in [3.8, 4) is 11.4 Å². The number of nitrogens with one attached hydrogen (secondary N) is 1. The Morgan fingerprint density at radius 1 is 1.33 bits per heavy atom. The average molecular weight is 371 g/mol. The van der Waals surface area contributed by atoms with Crippen LogP contribution in [0.2, 0.25) is 0 Å². The summed E-state index contributed by atoms with van der Waals surface area (Å²) in [5.74, 6) is 0.908. The summed E-state index contributed by atoms with van der Waals surface area (Å²) >= 11 is 0. The van der Waals surface area contributed by atoms with Crippen LogP contribution < -0.4 is 4.90 Å². The third-order valence-electron chi connectivity index (χ3n) is 4.86. The van der Waals surface area contributed by atoms with Gasteiger partial charge in [-0.25, -0.2) is 9.97 Å². The van der Waals surface area contributed by atoms with Crippen LogP contribution in [0, 0.1) is 0 Å². The molecule has 3 heterocycles. The molecule has 0 radical (unpaired) electrons. The number of anilines is 1. The number of morpholine rings is 1. The summed E-state index contributed by atoms with van der Waals surface area (Å²) in [5.41, 5.74) is 3.82. The molecule has 144 valence electrons. The highest BCUT2D eigenvalue weighted by Crippen LogP contribution is 2.29. The average Bonchev–Trinajstić information content (AvgIpc) is 3.12.